The van der Waals surface area contributed by atoms with Crippen LogP contribution in [0.2, 0.25) is 0 Å². The van der Waals surface area contributed by atoms with Gasteiger partial charge in [0, 0.05) is 86.8 Å². The Labute approximate surface area is 511 Å². The summed E-state index contributed by atoms with van der Waals surface area (Å²) in [6.07, 6.45) is 0. The highest BCUT2D eigenvalue weighted by Gasteiger charge is 2.48. The topological polar surface area (TPSA) is 43.9 Å². The van der Waals surface area contributed by atoms with E-state index in [1.807, 2.05) is 6.07 Å². The molecule has 18 rings (SSSR count). The van der Waals surface area contributed by atoms with Crippen LogP contribution < -0.4 is 71.5 Å². The van der Waals surface area contributed by atoms with Crippen molar-refractivity contribution >= 4 is 132 Å². The molecule has 0 spiro atoms. The lowest BCUT2D eigenvalue weighted by Crippen LogP contribution is -2.63. The first-order chi connectivity index (χ1) is 43.7. The molecule has 0 radical (unpaired) electrons. The summed E-state index contributed by atoms with van der Waals surface area (Å²) in [6.45, 7) is -0.540. The van der Waals surface area contributed by atoms with Crippen molar-refractivity contribution in [1.82, 2.24) is 0 Å². The lowest BCUT2D eigenvalue weighted by molar-refractivity contribution is 0.468. The fourth-order valence-corrected chi connectivity index (χ4v) is 14.2. The molecule has 13 aromatic rings. The van der Waals surface area contributed by atoms with Crippen LogP contribution in [0.5, 0.6) is 34.5 Å². The van der Waals surface area contributed by atoms with Crippen LogP contribution in [0.4, 0.5) is 85.3 Å². The first kappa shape index (κ1) is 49.8. The van der Waals surface area contributed by atoms with Crippen LogP contribution in [-0.4, -0.2) is 13.4 Å². The number of rotatable bonds is 9. The molecule has 0 saturated heterocycles. The van der Waals surface area contributed by atoms with E-state index >= 15 is 0 Å². The summed E-state index contributed by atoms with van der Waals surface area (Å²) >= 11 is 0. The van der Waals surface area contributed by atoms with Gasteiger partial charge in [-0.2, -0.15) is 0 Å². The molecule has 88 heavy (non-hydrogen) atoms. The molecule has 5 aliphatic rings. The van der Waals surface area contributed by atoms with Crippen LogP contribution in [0, 0.1) is 0 Å². The molecule has 0 N–H and O–H groups in total. The Morgan fingerprint density at radius 1 is 0.216 bits per heavy atom. The highest BCUT2D eigenvalue weighted by atomic mass is 16.5. The molecule has 5 aliphatic heterocycles. The van der Waals surface area contributed by atoms with Gasteiger partial charge in [-0.1, -0.05) is 164 Å². The SMILES string of the molecule is c1ccc(N(c2ccccc2)c2cc3c4c(c2)N(c2ccccc2)c2ccccc2B4c2cc4c(cc2O3)N(c2ccccc2)c2cc(N(c3ccccc3)c3ccccc3)cc3c2B4c2cc4c(cc2O3)N(c2ccccc2)c2ccccc2O4)cc1. The van der Waals surface area contributed by atoms with Crippen molar-refractivity contribution in [1.29, 1.82) is 0 Å². The molecule has 0 atom stereocenters. The van der Waals surface area contributed by atoms with Crippen molar-refractivity contribution in [2.45, 2.75) is 0 Å². The quantitative estimate of drug-likeness (QED) is 0.133. The number of hydrogen-bond acceptors (Lipinski definition) is 8. The molecule has 0 aromatic heterocycles. The van der Waals surface area contributed by atoms with Gasteiger partial charge >= 0.3 is 0 Å². The van der Waals surface area contributed by atoms with Crippen LogP contribution in [0.3, 0.4) is 0 Å². The predicted molar refractivity (Wildman–Crippen MR) is 362 cm³/mol. The van der Waals surface area contributed by atoms with Crippen molar-refractivity contribution < 1.29 is 14.2 Å². The third-order valence-corrected chi connectivity index (χ3v) is 17.8. The van der Waals surface area contributed by atoms with Gasteiger partial charge in [-0.3, -0.25) is 0 Å². The highest BCUT2D eigenvalue weighted by molar-refractivity contribution is 7.02. The molecule has 0 fully saturated rings. The first-order valence-electron chi connectivity index (χ1n) is 30.0. The van der Waals surface area contributed by atoms with E-state index in [-0.39, 0.29) is 13.4 Å². The predicted octanol–water partition coefficient (Wildman–Crippen LogP) is 17.0. The standard InChI is InChI=1S/C78H51B2N5O3/c1-8-26-52(27-9-1)81(53-28-10-2-11-29-53)59-44-69-77-75(46-59)87-72-50-67-62(48-63(72)79(77)61-40-22-23-41-65(61)83(69)56-34-16-5-17-35-56)80-64-49-74-68(84(57-36-18-6-19-37-57)66-42-24-25-43-71(66)86-74)51-73(64)88-76-47-60(45-70(78(76)80)85(67)58-38-20-7-21-39-58)82(54-30-12-3-13-31-54)55-32-14-4-15-33-55/h1-51H. The Hall–Kier alpha value is -11.6. The summed E-state index contributed by atoms with van der Waals surface area (Å²) in [5, 5.41) is 0. The van der Waals surface area contributed by atoms with Gasteiger partial charge in [-0.15, -0.1) is 0 Å². The minimum absolute atomic E-state index is 0.216. The van der Waals surface area contributed by atoms with Gasteiger partial charge in [0.1, 0.15) is 23.0 Å². The maximum Gasteiger partial charge on any atom is 0.256 e. The van der Waals surface area contributed by atoms with Crippen molar-refractivity contribution in [2.24, 2.45) is 0 Å². The fourth-order valence-electron chi connectivity index (χ4n) is 14.2. The second kappa shape index (κ2) is 20.0. The summed E-state index contributed by atoms with van der Waals surface area (Å²) in [5.74, 6) is 4.65. The number of ether oxygens (including phenoxy) is 3. The first-order valence-corrected chi connectivity index (χ1v) is 30.0. The monoisotopic (exact) mass is 1130 g/mol. The zero-order chi connectivity index (χ0) is 57.8. The molecular formula is C78H51B2N5O3. The molecule has 5 heterocycles. The van der Waals surface area contributed by atoms with E-state index < -0.39 is 0 Å². The van der Waals surface area contributed by atoms with Gasteiger partial charge in [0.15, 0.2) is 11.5 Å². The second-order valence-corrected chi connectivity index (χ2v) is 22.8. The van der Waals surface area contributed by atoms with Crippen LogP contribution in [0.25, 0.3) is 0 Å². The Morgan fingerprint density at radius 2 is 0.580 bits per heavy atom. The number of para-hydroxylation sites is 10. The van der Waals surface area contributed by atoms with Crippen molar-refractivity contribution in [3.63, 3.8) is 0 Å². The number of anilines is 15. The molecule has 0 aliphatic carbocycles. The summed E-state index contributed by atoms with van der Waals surface area (Å²) in [6, 6.07) is 110. The average Bonchev–Trinajstić information content (AvgIpc) is 0.841. The van der Waals surface area contributed by atoms with Crippen molar-refractivity contribution in [3.8, 4) is 34.5 Å². The zero-order valence-corrected chi connectivity index (χ0v) is 47.6. The van der Waals surface area contributed by atoms with E-state index in [0.717, 1.165) is 147 Å². The summed E-state index contributed by atoms with van der Waals surface area (Å²) in [7, 11) is 0. The van der Waals surface area contributed by atoms with E-state index in [2.05, 4.69) is 328 Å². The maximum absolute atomic E-state index is 7.70. The number of fused-ring (bicyclic) bond motifs is 10. The van der Waals surface area contributed by atoms with Crippen LogP contribution in [-0.2, 0) is 0 Å². The fraction of sp³-hybridized carbons (Fsp3) is 0. The maximum atomic E-state index is 7.70. The smallest absolute Gasteiger partial charge is 0.256 e. The van der Waals surface area contributed by atoms with Crippen LogP contribution in [0.15, 0.2) is 309 Å². The molecule has 412 valence electrons. The lowest BCUT2D eigenvalue weighted by Gasteiger charge is -2.44. The average molecular weight is 1130 g/mol. The molecule has 0 unspecified atom stereocenters. The van der Waals surface area contributed by atoms with Gasteiger partial charge < -0.3 is 38.7 Å². The third kappa shape index (κ3) is 7.82. The van der Waals surface area contributed by atoms with Gasteiger partial charge in [0.2, 0.25) is 0 Å². The molecule has 10 heteroatoms. The van der Waals surface area contributed by atoms with E-state index in [1.54, 1.807) is 0 Å². The van der Waals surface area contributed by atoms with E-state index in [0.29, 0.717) is 0 Å². The zero-order valence-electron chi connectivity index (χ0n) is 47.6. The minimum atomic E-state index is -0.325. The normalized spacial score (nSPS) is 13.2. The van der Waals surface area contributed by atoms with Gasteiger partial charge in [-0.05, 0) is 154 Å². The summed E-state index contributed by atoms with van der Waals surface area (Å²) in [4.78, 5) is 11.8. The summed E-state index contributed by atoms with van der Waals surface area (Å²) < 4.78 is 22.3. The minimum Gasteiger partial charge on any atom is -0.458 e. The van der Waals surface area contributed by atoms with Gasteiger partial charge in [-0.25, -0.2) is 0 Å². The highest BCUT2D eigenvalue weighted by Crippen LogP contribution is 2.54. The van der Waals surface area contributed by atoms with E-state index in [9.17, 15) is 0 Å². The summed E-state index contributed by atoms with van der Waals surface area (Å²) in [5.41, 5.74) is 21.7. The largest absolute Gasteiger partial charge is 0.458 e. The number of hydrogen-bond donors (Lipinski definition) is 0. The Kier molecular flexibility index (Phi) is 11.3. The molecule has 0 bridgehead atoms. The molecule has 0 amide bonds. The van der Waals surface area contributed by atoms with Crippen molar-refractivity contribution in [2.75, 3.05) is 24.5 Å². The molecule has 8 nitrogen and oxygen atoms in total. The van der Waals surface area contributed by atoms with Gasteiger partial charge in [0.05, 0.1) is 22.7 Å². The van der Waals surface area contributed by atoms with Crippen molar-refractivity contribution in [3.05, 3.63) is 309 Å². The van der Waals surface area contributed by atoms with E-state index in [1.165, 1.54) is 5.46 Å². The molecule has 13 aromatic carbocycles. The van der Waals surface area contributed by atoms with Crippen LogP contribution >= 0.6 is 0 Å². The Balaban J connectivity index is 0.911. The second-order valence-electron chi connectivity index (χ2n) is 22.8. The molecule has 0 saturated carbocycles. The van der Waals surface area contributed by atoms with E-state index in [4.69, 9.17) is 14.2 Å². The molecular weight excluding hydrogens is 1080 g/mol. The third-order valence-electron chi connectivity index (χ3n) is 17.8. The number of nitrogens with zero attached hydrogens (tertiary/aromatic N) is 5. The van der Waals surface area contributed by atoms with Gasteiger partial charge in [0.25, 0.3) is 13.4 Å². The Morgan fingerprint density at radius 3 is 1.07 bits per heavy atom. The van der Waals surface area contributed by atoms with Crippen LogP contribution in [0.1, 0.15) is 0 Å². The lowest BCUT2D eigenvalue weighted by atomic mass is 9.31. The number of benzene rings is 13. The Bertz CT molecular complexity index is 4800.